The van der Waals surface area contributed by atoms with Crippen LogP contribution in [0.5, 0.6) is 0 Å². The van der Waals surface area contributed by atoms with Gasteiger partial charge in [-0.25, -0.2) is 0 Å². The SMILES string of the molecule is Cc1ccccc1C1NC(C)C(=O)N1C1CCN(C)CC1. The van der Waals surface area contributed by atoms with Gasteiger partial charge in [0.1, 0.15) is 6.17 Å². The summed E-state index contributed by atoms with van der Waals surface area (Å²) in [5.41, 5.74) is 2.48. The zero-order valence-electron chi connectivity index (χ0n) is 13.2. The summed E-state index contributed by atoms with van der Waals surface area (Å²) < 4.78 is 0. The molecule has 2 aliphatic heterocycles. The van der Waals surface area contributed by atoms with Gasteiger partial charge in [-0.3, -0.25) is 10.1 Å². The van der Waals surface area contributed by atoms with Gasteiger partial charge in [0, 0.05) is 6.04 Å². The minimum Gasteiger partial charge on any atom is -0.318 e. The first kappa shape index (κ1) is 14.5. The van der Waals surface area contributed by atoms with Crippen LogP contribution in [-0.2, 0) is 4.79 Å². The number of piperidine rings is 1. The first-order valence-corrected chi connectivity index (χ1v) is 7.90. The molecule has 0 saturated carbocycles. The molecule has 4 nitrogen and oxygen atoms in total. The Bertz CT molecular complexity index is 523. The van der Waals surface area contributed by atoms with Crippen LogP contribution in [0.3, 0.4) is 0 Å². The molecule has 1 amide bonds. The molecule has 21 heavy (non-hydrogen) atoms. The minimum absolute atomic E-state index is 0.0297. The smallest absolute Gasteiger partial charge is 0.241 e. The van der Waals surface area contributed by atoms with Gasteiger partial charge in [0.05, 0.1) is 6.04 Å². The number of aryl methyl sites for hydroxylation is 1. The van der Waals surface area contributed by atoms with Crippen LogP contribution in [-0.4, -0.2) is 47.9 Å². The van der Waals surface area contributed by atoms with Gasteiger partial charge in [-0.05, 0) is 58.0 Å². The number of rotatable bonds is 2. The summed E-state index contributed by atoms with van der Waals surface area (Å²) in [5.74, 6) is 0.248. The quantitative estimate of drug-likeness (QED) is 0.902. The van der Waals surface area contributed by atoms with Crippen molar-refractivity contribution in [3.63, 3.8) is 0 Å². The van der Waals surface area contributed by atoms with E-state index in [1.165, 1.54) is 11.1 Å². The highest BCUT2D eigenvalue weighted by Crippen LogP contribution is 2.32. The van der Waals surface area contributed by atoms with Gasteiger partial charge in [-0.2, -0.15) is 0 Å². The summed E-state index contributed by atoms with van der Waals surface area (Å²) in [6, 6.07) is 8.64. The third-order valence-electron chi connectivity index (χ3n) is 4.88. The summed E-state index contributed by atoms with van der Waals surface area (Å²) in [5, 5.41) is 3.48. The van der Waals surface area contributed by atoms with Crippen molar-refractivity contribution in [2.75, 3.05) is 20.1 Å². The second-order valence-corrected chi connectivity index (χ2v) is 6.43. The molecule has 4 heteroatoms. The molecule has 1 N–H and O–H groups in total. The molecule has 2 unspecified atom stereocenters. The van der Waals surface area contributed by atoms with Gasteiger partial charge in [-0.15, -0.1) is 0 Å². The number of hydrogen-bond donors (Lipinski definition) is 1. The van der Waals surface area contributed by atoms with Crippen LogP contribution in [0.2, 0.25) is 0 Å². The van der Waals surface area contributed by atoms with Crippen molar-refractivity contribution in [2.24, 2.45) is 0 Å². The van der Waals surface area contributed by atoms with Gasteiger partial charge in [-0.1, -0.05) is 24.3 Å². The summed E-state index contributed by atoms with van der Waals surface area (Å²) in [7, 11) is 2.15. The summed E-state index contributed by atoms with van der Waals surface area (Å²) in [4.78, 5) is 17.1. The highest BCUT2D eigenvalue weighted by atomic mass is 16.2. The molecule has 114 valence electrons. The van der Waals surface area contributed by atoms with Crippen LogP contribution >= 0.6 is 0 Å². The zero-order valence-corrected chi connectivity index (χ0v) is 13.2. The normalized spacial score (nSPS) is 28.3. The van der Waals surface area contributed by atoms with Gasteiger partial charge in [0.25, 0.3) is 0 Å². The van der Waals surface area contributed by atoms with Crippen molar-refractivity contribution in [1.29, 1.82) is 0 Å². The summed E-state index contributed by atoms with van der Waals surface area (Å²) >= 11 is 0. The van der Waals surface area contributed by atoms with Crippen molar-refractivity contribution in [2.45, 2.75) is 44.9 Å². The molecule has 1 aromatic rings. The van der Waals surface area contributed by atoms with Crippen LogP contribution < -0.4 is 5.32 Å². The fraction of sp³-hybridized carbons (Fsp3) is 0.588. The van der Waals surface area contributed by atoms with Gasteiger partial charge in [0.15, 0.2) is 0 Å². The van der Waals surface area contributed by atoms with Crippen molar-refractivity contribution in [3.05, 3.63) is 35.4 Å². The van der Waals surface area contributed by atoms with Crippen molar-refractivity contribution in [3.8, 4) is 0 Å². The molecule has 2 heterocycles. The van der Waals surface area contributed by atoms with Crippen LogP contribution in [0.15, 0.2) is 24.3 Å². The lowest BCUT2D eigenvalue weighted by molar-refractivity contribution is -0.133. The molecule has 2 aliphatic rings. The molecular weight excluding hydrogens is 262 g/mol. The average Bonchev–Trinajstić information content (AvgIpc) is 2.76. The van der Waals surface area contributed by atoms with E-state index in [0.29, 0.717) is 6.04 Å². The number of carbonyl (C=O) groups excluding carboxylic acids is 1. The Balaban J connectivity index is 1.88. The van der Waals surface area contributed by atoms with Crippen molar-refractivity contribution < 1.29 is 4.79 Å². The number of nitrogens with zero attached hydrogens (tertiary/aromatic N) is 2. The molecular formula is C17H25N3O. The number of benzene rings is 1. The van der Waals surface area contributed by atoms with Gasteiger partial charge >= 0.3 is 0 Å². The maximum Gasteiger partial charge on any atom is 0.241 e. The molecule has 2 atom stereocenters. The Kier molecular flexibility index (Phi) is 4.00. The molecule has 1 aromatic carbocycles. The number of nitrogens with one attached hydrogen (secondary N) is 1. The van der Waals surface area contributed by atoms with Crippen LogP contribution in [0.1, 0.15) is 37.1 Å². The monoisotopic (exact) mass is 287 g/mol. The maximum absolute atomic E-state index is 12.6. The van der Waals surface area contributed by atoms with Crippen LogP contribution in [0.4, 0.5) is 0 Å². The van der Waals surface area contributed by atoms with Crippen molar-refractivity contribution in [1.82, 2.24) is 15.1 Å². The molecule has 0 bridgehead atoms. The number of carbonyl (C=O) groups is 1. The average molecular weight is 287 g/mol. The topological polar surface area (TPSA) is 35.6 Å². The van der Waals surface area contributed by atoms with E-state index < -0.39 is 0 Å². The molecule has 0 aliphatic carbocycles. The minimum atomic E-state index is -0.0886. The second-order valence-electron chi connectivity index (χ2n) is 6.43. The fourth-order valence-electron chi connectivity index (χ4n) is 3.54. The second kappa shape index (κ2) is 5.78. The van der Waals surface area contributed by atoms with E-state index in [-0.39, 0.29) is 18.1 Å². The van der Waals surface area contributed by atoms with E-state index in [4.69, 9.17) is 0 Å². The van der Waals surface area contributed by atoms with Gasteiger partial charge in [0.2, 0.25) is 5.91 Å². The summed E-state index contributed by atoms with van der Waals surface area (Å²) in [6.07, 6.45) is 2.17. The number of likely N-dealkylation sites (tertiary alicyclic amines) is 1. The lowest BCUT2D eigenvalue weighted by atomic mass is 10.00. The van der Waals surface area contributed by atoms with E-state index >= 15 is 0 Å². The highest BCUT2D eigenvalue weighted by Gasteiger charge is 2.42. The Morgan fingerprint density at radius 3 is 2.52 bits per heavy atom. The van der Waals surface area contributed by atoms with E-state index in [9.17, 15) is 4.79 Å². The largest absolute Gasteiger partial charge is 0.318 e. The van der Waals surface area contributed by atoms with E-state index in [1.807, 2.05) is 6.92 Å². The van der Waals surface area contributed by atoms with Crippen molar-refractivity contribution >= 4 is 5.91 Å². The Labute approximate surface area is 127 Å². The highest BCUT2D eigenvalue weighted by molar-refractivity contribution is 5.84. The molecule has 2 saturated heterocycles. The number of hydrogen-bond acceptors (Lipinski definition) is 3. The molecule has 0 radical (unpaired) electrons. The summed E-state index contributed by atoms with van der Waals surface area (Å²) in [6.45, 7) is 6.24. The van der Waals surface area contributed by atoms with E-state index in [1.54, 1.807) is 0 Å². The Morgan fingerprint density at radius 2 is 1.86 bits per heavy atom. The fourth-order valence-corrected chi connectivity index (χ4v) is 3.54. The Hall–Kier alpha value is -1.39. The zero-order chi connectivity index (χ0) is 15.0. The molecule has 0 aromatic heterocycles. The van der Waals surface area contributed by atoms with Crippen LogP contribution in [0.25, 0.3) is 0 Å². The van der Waals surface area contributed by atoms with E-state index in [2.05, 4.69) is 53.4 Å². The molecule has 3 rings (SSSR count). The van der Waals surface area contributed by atoms with Crippen LogP contribution in [0, 0.1) is 6.92 Å². The predicted molar refractivity (Wildman–Crippen MR) is 83.9 cm³/mol. The predicted octanol–water partition coefficient (Wildman–Crippen LogP) is 1.91. The number of amides is 1. The maximum atomic E-state index is 12.6. The standard InChI is InChI=1S/C17H25N3O/c1-12-6-4-5-7-15(12)16-18-13(2)17(21)20(16)14-8-10-19(3)11-9-14/h4-7,13-14,16,18H,8-11H2,1-3H3. The Morgan fingerprint density at radius 1 is 1.19 bits per heavy atom. The van der Waals surface area contributed by atoms with Gasteiger partial charge < -0.3 is 9.80 Å². The first-order chi connectivity index (χ1) is 10.1. The molecule has 0 spiro atoms. The third kappa shape index (κ3) is 2.70. The first-order valence-electron chi connectivity index (χ1n) is 7.90. The lowest BCUT2D eigenvalue weighted by Gasteiger charge is -2.38. The lowest BCUT2D eigenvalue weighted by Crippen LogP contribution is -2.46. The third-order valence-corrected chi connectivity index (χ3v) is 4.88. The van der Waals surface area contributed by atoms with E-state index in [0.717, 1.165) is 25.9 Å². The molecule has 2 fully saturated rings.